The second kappa shape index (κ2) is 10.2. The Labute approximate surface area is 148 Å². The first-order valence-corrected chi connectivity index (χ1v) is 8.58. The smallest absolute Gasteiger partial charge is 0.375 e. The maximum absolute atomic E-state index is 13.0. The highest BCUT2D eigenvalue weighted by Crippen LogP contribution is 2.29. The Morgan fingerprint density at radius 3 is 2.64 bits per heavy atom. The number of halogens is 3. The van der Waals surface area contributed by atoms with Crippen molar-refractivity contribution in [3.63, 3.8) is 0 Å². The highest BCUT2D eigenvalue weighted by molar-refractivity contribution is 8.07. The van der Waals surface area contributed by atoms with E-state index in [9.17, 15) is 13.2 Å². The van der Waals surface area contributed by atoms with Crippen LogP contribution >= 0.6 is 11.8 Å². The molecule has 0 aliphatic heterocycles. The lowest BCUT2D eigenvalue weighted by atomic mass is 10.3. The lowest BCUT2D eigenvalue weighted by Crippen LogP contribution is -2.23. The number of aliphatic hydroxyl groups is 1. The molecule has 0 spiro atoms. The molecule has 138 valence electrons. The van der Waals surface area contributed by atoms with E-state index in [1.165, 1.54) is 28.6 Å². The summed E-state index contributed by atoms with van der Waals surface area (Å²) < 4.78 is 40.2. The molecule has 1 aromatic heterocycles. The van der Waals surface area contributed by atoms with Gasteiger partial charge in [-0.05, 0) is 24.8 Å². The number of aliphatic hydroxyl groups excluding tert-OH is 1. The van der Waals surface area contributed by atoms with Crippen LogP contribution in [0.2, 0.25) is 0 Å². The van der Waals surface area contributed by atoms with E-state index in [-0.39, 0.29) is 13.3 Å². The molecule has 1 N–H and O–H groups in total. The summed E-state index contributed by atoms with van der Waals surface area (Å²) >= 11 is 1.33. The normalized spacial score (nSPS) is 13.7. The quantitative estimate of drug-likeness (QED) is 0.711. The predicted molar refractivity (Wildman–Crippen MR) is 96.9 cm³/mol. The molecule has 0 saturated heterocycles. The van der Waals surface area contributed by atoms with Crippen LogP contribution in [0, 0.1) is 0 Å². The second-order valence-electron chi connectivity index (χ2n) is 4.71. The standard InChI is InChI=1S/C16H21F3N4OS/c1-4-21-14(8-20-11-24)9-22-15-7-6-13(16(17,18)19)10-23(15)12(3)25-5-2/h6-8,10,24H,3-5,9,11H2,1-2H3. The summed E-state index contributed by atoms with van der Waals surface area (Å²) in [7, 11) is 0. The molecule has 5 nitrogen and oxygen atoms in total. The highest BCUT2D eigenvalue weighted by atomic mass is 32.2. The Morgan fingerprint density at radius 1 is 1.36 bits per heavy atom. The molecule has 0 amide bonds. The van der Waals surface area contributed by atoms with Gasteiger partial charge in [-0.1, -0.05) is 13.5 Å². The Kier molecular flexibility index (Phi) is 8.64. The third-order valence-electron chi connectivity index (χ3n) is 2.92. The monoisotopic (exact) mass is 374 g/mol. The van der Waals surface area contributed by atoms with Crippen LogP contribution in [0.5, 0.6) is 0 Å². The van der Waals surface area contributed by atoms with Crippen molar-refractivity contribution in [3.05, 3.63) is 36.0 Å². The molecule has 0 aliphatic carbocycles. The van der Waals surface area contributed by atoms with Gasteiger partial charge in [0.05, 0.1) is 22.8 Å². The zero-order valence-corrected chi connectivity index (χ0v) is 14.9. The third kappa shape index (κ3) is 6.87. The molecular formula is C16H21F3N4OS. The van der Waals surface area contributed by atoms with E-state index in [0.29, 0.717) is 28.5 Å². The van der Waals surface area contributed by atoms with Gasteiger partial charge in [0.15, 0.2) is 0 Å². The molecular weight excluding hydrogens is 353 g/mol. The summed E-state index contributed by atoms with van der Waals surface area (Å²) in [6.07, 6.45) is -2.06. The topological polar surface area (TPSA) is 62.2 Å². The van der Waals surface area contributed by atoms with Gasteiger partial charge >= 0.3 is 6.18 Å². The van der Waals surface area contributed by atoms with Crippen molar-refractivity contribution in [1.29, 1.82) is 0 Å². The maximum atomic E-state index is 13.0. The summed E-state index contributed by atoms with van der Waals surface area (Å²) in [4.78, 5) is 12.2. The summed E-state index contributed by atoms with van der Waals surface area (Å²) in [5.74, 6) is 0.674. The van der Waals surface area contributed by atoms with E-state index in [1.807, 2.05) is 13.8 Å². The average molecular weight is 374 g/mol. The number of aromatic nitrogens is 1. The molecule has 0 aromatic carbocycles. The molecule has 0 unspecified atom stereocenters. The zero-order chi connectivity index (χ0) is 18.9. The summed E-state index contributed by atoms with van der Waals surface area (Å²) in [5.41, 5.74) is 0.0884. The summed E-state index contributed by atoms with van der Waals surface area (Å²) in [6, 6.07) is 2.29. The number of hydrogen-bond donors (Lipinski definition) is 1. The van der Waals surface area contributed by atoms with E-state index in [2.05, 4.69) is 21.6 Å². The minimum absolute atomic E-state index is 0.132. The van der Waals surface area contributed by atoms with Crippen LogP contribution in [0.4, 0.5) is 13.2 Å². The Bertz CT molecular complexity index is 708. The zero-order valence-electron chi connectivity index (χ0n) is 14.1. The number of thioether (sulfide) groups is 1. The third-order valence-corrected chi connectivity index (χ3v) is 3.74. The minimum Gasteiger partial charge on any atom is -0.375 e. The Balaban J connectivity index is 3.30. The van der Waals surface area contributed by atoms with Gasteiger partial charge in [-0.25, -0.2) is 0 Å². The molecule has 25 heavy (non-hydrogen) atoms. The fraction of sp³-hybridized carbons (Fsp3) is 0.438. The number of aliphatic imine (C=N–C) groups is 2. The van der Waals surface area contributed by atoms with Crippen molar-refractivity contribution in [2.75, 3.05) is 25.6 Å². The molecule has 0 atom stereocenters. The highest BCUT2D eigenvalue weighted by Gasteiger charge is 2.31. The molecule has 0 radical (unpaired) electrons. The van der Waals surface area contributed by atoms with Crippen molar-refractivity contribution in [3.8, 4) is 0 Å². The molecule has 1 aromatic rings. The van der Waals surface area contributed by atoms with Crippen molar-refractivity contribution in [1.82, 2.24) is 4.57 Å². The van der Waals surface area contributed by atoms with Crippen molar-refractivity contribution in [2.45, 2.75) is 20.0 Å². The first-order chi connectivity index (χ1) is 11.8. The summed E-state index contributed by atoms with van der Waals surface area (Å²) in [6.45, 7) is 7.82. The van der Waals surface area contributed by atoms with Gasteiger partial charge in [-0.15, -0.1) is 11.8 Å². The van der Waals surface area contributed by atoms with Gasteiger partial charge in [0.1, 0.15) is 12.2 Å². The van der Waals surface area contributed by atoms with Crippen molar-refractivity contribution >= 4 is 28.7 Å². The van der Waals surface area contributed by atoms with Gasteiger partial charge in [-0.2, -0.15) is 13.2 Å². The van der Waals surface area contributed by atoms with Gasteiger partial charge in [0.2, 0.25) is 0 Å². The van der Waals surface area contributed by atoms with E-state index in [0.717, 1.165) is 12.3 Å². The second-order valence-corrected chi connectivity index (χ2v) is 6.04. The maximum Gasteiger partial charge on any atom is 0.417 e. The van der Waals surface area contributed by atoms with E-state index >= 15 is 0 Å². The largest absolute Gasteiger partial charge is 0.417 e. The van der Waals surface area contributed by atoms with Gasteiger partial charge in [0.25, 0.3) is 0 Å². The van der Waals surface area contributed by atoms with E-state index in [1.54, 1.807) is 0 Å². The predicted octanol–water partition coefficient (Wildman–Crippen LogP) is 3.07. The SMILES string of the molecule is C=C(SCC)n1cc(C(F)(F)F)ccc1=NCC(C=NCO)=NCC. The van der Waals surface area contributed by atoms with E-state index < -0.39 is 11.7 Å². The molecule has 0 aliphatic rings. The van der Waals surface area contributed by atoms with Gasteiger partial charge < -0.3 is 5.11 Å². The summed E-state index contributed by atoms with van der Waals surface area (Å²) in [5, 5.41) is 9.19. The Hall–Kier alpha value is -1.87. The fourth-order valence-corrected chi connectivity index (χ4v) is 2.49. The van der Waals surface area contributed by atoms with E-state index in [4.69, 9.17) is 5.11 Å². The molecule has 0 saturated carbocycles. The van der Waals surface area contributed by atoms with Gasteiger partial charge in [-0.3, -0.25) is 19.5 Å². The lowest BCUT2D eigenvalue weighted by Gasteiger charge is -2.13. The number of alkyl halides is 3. The van der Waals surface area contributed by atoms with Crippen molar-refractivity contribution in [2.24, 2.45) is 15.0 Å². The molecule has 1 heterocycles. The Morgan fingerprint density at radius 2 is 2.08 bits per heavy atom. The molecule has 0 bridgehead atoms. The lowest BCUT2D eigenvalue weighted by molar-refractivity contribution is -0.137. The number of nitrogens with zero attached hydrogens (tertiary/aromatic N) is 4. The van der Waals surface area contributed by atoms with Crippen LogP contribution in [-0.2, 0) is 6.18 Å². The van der Waals surface area contributed by atoms with Crippen LogP contribution in [-0.4, -0.2) is 47.2 Å². The van der Waals surface area contributed by atoms with Gasteiger partial charge in [0, 0.05) is 19.0 Å². The van der Waals surface area contributed by atoms with Crippen LogP contribution < -0.4 is 5.49 Å². The first kappa shape index (κ1) is 21.2. The van der Waals surface area contributed by atoms with Crippen LogP contribution in [0.3, 0.4) is 0 Å². The molecule has 9 heteroatoms. The minimum atomic E-state index is -4.44. The van der Waals surface area contributed by atoms with Crippen molar-refractivity contribution < 1.29 is 18.3 Å². The number of rotatable bonds is 8. The van der Waals surface area contributed by atoms with Crippen LogP contribution in [0.25, 0.3) is 5.03 Å². The number of hydrogen-bond acceptors (Lipinski definition) is 5. The van der Waals surface area contributed by atoms with Crippen LogP contribution in [0.15, 0.2) is 39.9 Å². The number of pyridine rings is 1. The average Bonchev–Trinajstić information content (AvgIpc) is 2.56. The molecule has 0 fully saturated rings. The molecule has 1 rings (SSSR count). The first-order valence-electron chi connectivity index (χ1n) is 7.59. The van der Waals surface area contributed by atoms with Crippen LogP contribution in [0.1, 0.15) is 19.4 Å². The fourth-order valence-electron chi connectivity index (χ4n) is 1.87.